The first-order valence-corrected chi connectivity index (χ1v) is 10.3. The Kier molecular flexibility index (Phi) is 8.84. The van der Waals surface area contributed by atoms with E-state index in [1.807, 2.05) is 27.7 Å². The molecular weight excluding hydrogens is 442 g/mol. The number of halogens is 4. The highest BCUT2D eigenvalue weighted by molar-refractivity contribution is 5.96. The van der Waals surface area contributed by atoms with Gasteiger partial charge in [-0.25, -0.2) is 4.39 Å². The third-order valence-corrected chi connectivity index (χ3v) is 4.01. The molecule has 0 aliphatic rings. The second-order valence-electron chi connectivity index (χ2n) is 6.81. The molecule has 1 amide bonds. The highest BCUT2D eigenvalue weighted by atomic mass is 19.4. The van der Waals surface area contributed by atoms with Gasteiger partial charge in [0.25, 0.3) is 5.91 Å². The summed E-state index contributed by atoms with van der Waals surface area (Å²) >= 11 is 0. The summed E-state index contributed by atoms with van der Waals surface area (Å²) < 4.78 is 60.9. The summed E-state index contributed by atoms with van der Waals surface area (Å²) in [5.41, 5.74) is 1.00. The van der Waals surface area contributed by atoms with Gasteiger partial charge in [-0.2, -0.15) is 5.10 Å². The Hall–Kier alpha value is -3.56. The summed E-state index contributed by atoms with van der Waals surface area (Å²) in [4.78, 5) is 12.4. The molecular formula is C23H25F4N3O3. The van der Waals surface area contributed by atoms with Crippen molar-refractivity contribution in [1.29, 1.82) is 0 Å². The molecule has 0 aliphatic carbocycles. The highest BCUT2D eigenvalue weighted by Crippen LogP contribution is 2.31. The summed E-state index contributed by atoms with van der Waals surface area (Å²) in [5, 5.41) is 9.33. The number of amides is 1. The predicted octanol–water partition coefficient (Wildman–Crippen LogP) is 5.86. The minimum atomic E-state index is -4.92. The SMILES string of the molecule is CC.CC(C)Oc1ccc(F)cc1-c1cc(CNC(=O)c2ccccc2OC(F)(F)F)[nH]n1. The van der Waals surface area contributed by atoms with Crippen molar-refractivity contribution < 1.29 is 31.8 Å². The minimum absolute atomic E-state index is 0.0537. The van der Waals surface area contributed by atoms with Gasteiger partial charge in [-0.05, 0) is 50.2 Å². The molecule has 33 heavy (non-hydrogen) atoms. The maximum absolute atomic E-state index is 13.7. The Morgan fingerprint density at radius 1 is 1.09 bits per heavy atom. The van der Waals surface area contributed by atoms with Crippen LogP contribution in [0.2, 0.25) is 0 Å². The first-order valence-electron chi connectivity index (χ1n) is 10.3. The Balaban J connectivity index is 0.00000187. The topological polar surface area (TPSA) is 76.2 Å². The number of aromatic amines is 1. The largest absolute Gasteiger partial charge is 0.573 e. The van der Waals surface area contributed by atoms with Crippen molar-refractivity contribution in [3.05, 3.63) is 65.6 Å². The third kappa shape index (κ3) is 7.51. The van der Waals surface area contributed by atoms with Gasteiger partial charge in [0.05, 0.1) is 29.6 Å². The molecule has 0 saturated carbocycles. The Bertz CT molecular complexity index is 1070. The second-order valence-corrected chi connectivity index (χ2v) is 6.81. The molecule has 178 valence electrons. The van der Waals surface area contributed by atoms with Crippen molar-refractivity contribution >= 4 is 5.91 Å². The second kappa shape index (κ2) is 11.3. The number of carbonyl (C=O) groups excluding carboxylic acids is 1. The van der Waals surface area contributed by atoms with E-state index in [4.69, 9.17) is 4.74 Å². The molecule has 3 rings (SSSR count). The van der Waals surface area contributed by atoms with Crippen LogP contribution in [0.4, 0.5) is 17.6 Å². The van der Waals surface area contributed by atoms with Crippen LogP contribution in [-0.2, 0) is 6.54 Å². The van der Waals surface area contributed by atoms with Crippen molar-refractivity contribution in [1.82, 2.24) is 15.5 Å². The molecule has 2 aromatic carbocycles. The molecule has 0 fully saturated rings. The lowest BCUT2D eigenvalue weighted by Crippen LogP contribution is -2.25. The molecule has 3 aromatic rings. The molecule has 0 bridgehead atoms. The molecule has 2 N–H and O–H groups in total. The van der Waals surface area contributed by atoms with Crippen molar-refractivity contribution in [2.75, 3.05) is 0 Å². The first kappa shape index (κ1) is 25.7. The van der Waals surface area contributed by atoms with Gasteiger partial charge in [-0.1, -0.05) is 26.0 Å². The van der Waals surface area contributed by atoms with Crippen LogP contribution in [0.5, 0.6) is 11.5 Å². The average molecular weight is 467 g/mol. The lowest BCUT2D eigenvalue weighted by molar-refractivity contribution is -0.274. The van der Waals surface area contributed by atoms with Crippen LogP contribution in [-0.4, -0.2) is 28.6 Å². The quantitative estimate of drug-likeness (QED) is 0.427. The van der Waals surface area contributed by atoms with E-state index in [0.717, 1.165) is 6.07 Å². The van der Waals surface area contributed by atoms with Crippen molar-refractivity contribution in [2.24, 2.45) is 0 Å². The van der Waals surface area contributed by atoms with E-state index in [0.29, 0.717) is 22.7 Å². The monoisotopic (exact) mass is 467 g/mol. The van der Waals surface area contributed by atoms with E-state index in [2.05, 4.69) is 20.3 Å². The third-order valence-electron chi connectivity index (χ3n) is 4.01. The maximum atomic E-state index is 13.7. The molecule has 0 spiro atoms. The van der Waals surface area contributed by atoms with E-state index < -0.39 is 23.8 Å². The van der Waals surface area contributed by atoms with Crippen molar-refractivity contribution in [3.63, 3.8) is 0 Å². The maximum Gasteiger partial charge on any atom is 0.573 e. The molecule has 0 saturated heterocycles. The molecule has 1 aromatic heterocycles. The molecule has 0 atom stereocenters. The van der Waals surface area contributed by atoms with Gasteiger partial charge < -0.3 is 14.8 Å². The van der Waals surface area contributed by atoms with Crippen LogP contribution >= 0.6 is 0 Å². The van der Waals surface area contributed by atoms with E-state index >= 15 is 0 Å². The van der Waals surface area contributed by atoms with E-state index in [1.54, 1.807) is 6.07 Å². The Morgan fingerprint density at radius 2 is 1.79 bits per heavy atom. The van der Waals surface area contributed by atoms with Crippen molar-refractivity contribution in [2.45, 2.75) is 46.7 Å². The number of hydrogen-bond acceptors (Lipinski definition) is 4. The Morgan fingerprint density at radius 3 is 2.45 bits per heavy atom. The minimum Gasteiger partial charge on any atom is -0.490 e. The number of ether oxygens (including phenoxy) is 2. The normalized spacial score (nSPS) is 10.9. The fraction of sp³-hybridized carbons (Fsp3) is 0.304. The van der Waals surface area contributed by atoms with Gasteiger partial charge in [-0.3, -0.25) is 9.89 Å². The van der Waals surface area contributed by atoms with E-state index in [-0.39, 0.29) is 18.2 Å². The van der Waals surface area contributed by atoms with Crippen LogP contribution in [0.1, 0.15) is 43.7 Å². The van der Waals surface area contributed by atoms with Crippen LogP contribution < -0.4 is 14.8 Å². The number of rotatable bonds is 7. The summed E-state index contributed by atoms with van der Waals surface area (Å²) in [6, 6.07) is 10.7. The molecule has 10 heteroatoms. The van der Waals surface area contributed by atoms with Crippen LogP contribution in [0.15, 0.2) is 48.5 Å². The lowest BCUT2D eigenvalue weighted by atomic mass is 10.1. The number of nitrogens with zero attached hydrogens (tertiary/aromatic N) is 1. The molecule has 1 heterocycles. The predicted molar refractivity (Wildman–Crippen MR) is 115 cm³/mol. The van der Waals surface area contributed by atoms with Gasteiger partial charge in [-0.15, -0.1) is 13.2 Å². The van der Waals surface area contributed by atoms with Crippen molar-refractivity contribution in [3.8, 4) is 22.8 Å². The number of benzene rings is 2. The summed E-state index contributed by atoms with van der Waals surface area (Å²) in [5.74, 6) is -1.39. The van der Waals surface area contributed by atoms with Gasteiger partial charge in [0.2, 0.25) is 0 Å². The summed E-state index contributed by atoms with van der Waals surface area (Å²) in [7, 11) is 0. The van der Waals surface area contributed by atoms with Crippen LogP contribution in [0.25, 0.3) is 11.3 Å². The number of carbonyl (C=O) groups is 1. The zero-order valence-corrected chi connectivity index (χ0v) is 18.6. The van der Waals surface area contributed by atoms with Gasteiger partial charge in [0.15, 0.2) is 0 Å². The summed E-state index contributed by atoms with van der Waals surface area (Å²) in [6.45, 7) is 7.61. The van der Waals surface area contributed by atoms with E-state index in [1.165, 1.54) is 36.4 Å². The number of H-pyrrole nitrogens is 1. The first-order chi connectivity index (χ1) is 15.6. The standard InChI is InChI=1S/C21H19F4N3O3.C2H6/c1-12(2)30-18-8-7-13(22)9-16(18)17-10-14(27-28-17)11-26-20(29)15-5-3-4-6-19(15)31-21(23,24)25;1-2/h3-10,12H,11H2,1-2H3,(H,26,29)(H,27,28);1-2H3. The van der Waals surface area contributed by atoms with Crippen LogP contribution in [0, 0.1) is 5.82 Å². The zero-order valence-electron chi connectivity index (χ0n) is 18.6. The van der Waals surface area contributed by atoms with Gasteiger partial charge in [0, 0.05) is 5.56 Å². The van der Waals surface area contributed by atoms with Gasteiger partial charge >= 0.3 is 6.36 Å². The zero-order chi connectivity index (χ0) is 24.6. The molecule has 0 radical (unpaired) electrons. The number of nitrogens with one attached hydrogen (secondary N) is 2. The molecule has 0 unspecified atom stereocenters. The van der Waals surface area contributed by atoms with Crippen LogP contribution in [0.3, 0.4) is 0 Å². The average Bonchev–Trinajstić information content (AvgIpc) is 3.22. The molecule has 0 aliphatic heterocycles. The molecule has 6 nitrogen and oxygen atoms in total. The van der Waals surface area contributed by atoms with E-state index in [9.17, 15) is 22.4 Å². The lowest BCUT2D eigenvalue weighted by Gasteiger charge is -2.13. The number of para-hydroxylation sites is 1. The number of hydrogen-bond donors (Lipinski definition) is 2. The fourth-order valence-electron chi connectivity index (χ4n) is 2.79. The smallest absolute Gasteiger partial charge is 0.490 e. The number of alkyl halides is 3. The Labute approximate surface area is 188 Å². The van der Waals surface area contributed by atoms with Gasteiger partial charge in [0.1, 0.15) is 17.3 Å². The summed E-state index contributed by atoms with van der Waals surface area (Å²) in [6.07, 6.45) is -5.06. The highest BCUT2D eigenvalue weighted by Gasteiger charge is 2.32. The number of aromatic nitrogens is 2. The fourth-order valence-corrected chi connectivity index (χ4v) is 2.79.